The van der Waals surface area contributed by atoms with Gasteiger partial charge in [0.25, 0.3) is 5.91 Å². The number of halogens is 1. The first-order valence-electron chi connectivity index (χ1n) is 10.1. The molecule has 0 spiro atoms. The number of hydrogen-bond donors (Lipinski definition) is 3. The summed E-state index contributed by atoms with van der Waals surface area (Å²) in [6, 6.07) is 5.00. The van der Waals surface area contributed by atoms with E-state index in [0.29, 0.717) is 31.5 Å². The zero-order chi connectivity index (χ0) is 21.6. The van der Waals surface area contributed by atoms with E-state index in [4.69, 9.17) is 5.21 Å². The molecule has 3 N–H and O–H groups in total. The number of likely N-dealkylation sites (tertiary alicyclic amines) is 1. The largest absolute Gasteiger partial charge is 0.330 e. The summed E-state index contributed by atoms with van der Waals surface area (Å²) in [5, 5.41) is 11.6. The normalized spacial score (nSPS) is 18.2. The first-order chi connectivity index (χ1) is 13.8. The topological polar surface area (TPSA) is 98.7 Å². The van der Waals surface area contributed by atoms with Crippen LogP contribution in [0.4, 0.5) is 10.1 Å². The molecule has 29 heavy (non-hydrogen) atoms. The summed E-state index contributed by atoms with van der Waals surface area (Å²) in [6.45, 7) is 6.04. The van der Waals surface area contributed by atoms with Crippen LogP contribution in [0.2, 0.25) is 0 Å². The van der Waals surface area contributed by atoms with Gasteiger partial charge in [0.1, 0.15) is 6.04 Å². The van der Waals surface area contributed by atoms with Crippen LogP contribution in [0.25, 0.3) is 0 Å². The third kappa shape index (κ3) is 5.53. The van der Waals surface area contributed by atoms with Crippen molar-refractivity contribution >= 4 is 23.4 Å². The van der Waals surface area contributed by atoms with E-state index in [2.05, 4.69) is 5.32 Å². The van der Waals surface area contributed by atoms with Crippen LogP contribution in [-0.2, 0) is 14.4 Å². The fourth-order valence-electron chi connectivity index (χ4n) is 3.67. The van der Waals surface area contributed by atoms with Gasteiger partial charge >= 0.3 is 0 Å². The minimum atomic E-state index is -2.16. The fraction of sp³-hybridized carbons (Fsp3) is 0.571. The molecule has 0 saturated carbocycles. The Morgan fingerprint density at radius 3 is 2.69 bits per heavy atom. The number of benzene rings is 1. The van der Waals surface area contributed by atoms with Crippen LogP contribution in [0.3, 0.4) is 0 Å². The number of alkyl halides is 1. The summed E-state index contributed by atoms with van der Waals surface area (Å²) in [7, 11) is 0. The second-order valence-corrected chi connectivity index (χ2v) is 7.62. The molecular weight excluding hydrogens is 377 g/mol. The number of rotatable bonds is 8. The minimum absolute atomic E-state index is 0.172. The molecule has 1 aromatic carbocycles. The van der Waals surface area contributed by atoms with Gasteiger partial charge in [0, 0.05) is 12.2 Å². The molecule has 8 heteroatoms. The number of anilines is 1. The second kappa shape index (κ2) is 10.3. The van der Waals surface area contributed by atoms with E-state index < -0.39 is 29.9 Å². The molecule has 160 valence electrons. The van der Waals surface area contributed by atoms with E-state index in [1.165, 1.54) is 10.4 Å². The van der Waals surface area contributed by atoms with Crippen molar-refractivity contribution in [1.29, 1.82) is 0 Å². The van der Waals surface area contributed by atoms with Crippen molar-refractivity contribution in [2.45, 2.75) is 65.1 Å². The highest BCUT2D eigenvalue weighted by Crippen LogP contribution is 2.27. The molecule has 1 aromatic rings. The summed E-state index contributed by atoms with van der Waals surface area (Å²) < 4.78 is 14.5. The molecule has 1 heterocycles. The van der Waals surface area contributed by atoms with Gasteiger partial charge in [-0.25, -0.2) is 9.87 Å². The highest BCUT2D eigenvalue weighted by molar-refractivity contribution is 5.99. The third-order valence-electron chi connectivity index (χ3n) is 5.39. The van der Waals surface area contributed by atoms with E-state index in [9.17, 15) is 18.8 Å². The molecule has 1 aliphatic heterocycles. The van der Waals surface area contributed by atoms with Gasteiger partial charge in [0.05, 0.1) is 5.92 Å². The Kier molecular flexibility index (Phi) is 8.13. The van der Waals surface area contributed by atoms with Crippen molar-refractivity contribution in [3.05, 3.63) is 29.3 Å². The SMILES string of the molecule is CCCCC(C(=O)N1CCCC1C(=O)Nc1cc(C)ccc1C)C(F)C(=O)NO. The predicted octanol–water partition coefficient (Wildman–Crippen LogP) is 2.88. The van der Waals surface area contributed by atoms with Crippen LogP contribution in [0.1, 0.15) is 50.2 Å². The molecular formula is C21H30FN3O4. The van der Waals surface area contributed by atoms with Crippen molar-refractivity contribution in [3.63, 3.8) is 0 Å². The van der Waals surface area contributed by atoms with E-state index in [1.54, 1.807) is 0 Å². The molecule has 1 aliphatic rings. The fourth-order valence-corrected chi connectivity index (χ4v) is 3.67. The van der Waals surface area contributed by atoms with E-state index >= 15 is 0 Å². The lowest BCUT2D eigenvalue weighted by molar-refractivity contribution is -0.148. The molecule has 1 saturated heterocycles. The average Bonchev–Trinajstić information content (AvgIpc) is 3.20. The van der Waals surface area contributed by atoms with E-state index in [0.717, 1.165) is 17.5 Å². The van der Waals surface area contributed by atoms with Crippen molar-refractivity contribution in [2.75, 3.05) is 11.9 Å². The van der Waals surface area contributed by atoms with Crippen LogP contribution in [0.15, 0.2) is 18.2 Å². The van der Waals surface area contributed by atoms with Crippen molar-refractivity contribution < 1.29 is 24.0 Å². The molecule has 3 atom stereocenters. The summed E-state index contributed by atoms with van der Waals surface area (Å²) in [5.41, 5.74) is 3.87. The number of nitrogens with zero attached hydrogens (tertiary/aromatic N) is 1. The number of amides is 3. The van der Waals surface area contributed by atoms with E-state index in [-0.39, 0.29) is 12.3 Å². The Bertz CT molecular complexity index is 755. The predicted molar refractivity (Wildman–Crippen MR) is 107 cm³/mol. The molecule has 0 radical (unpaired) electrons. The van der Waals surface area contributed by atoms with Crippen LogP contribution in [-0.4, -0.2) is 46.6 Å². The summed E-state index contributed by atoms with van der Waals surface area (Å²) in [6.07, 6.45) is 0.400. The maximum absolute atomic E-state index is 14.5. The highest BCUT2D eigenvalue weighted by Gasteiger charge is 2.41. The highest BCUT2D eigenvalue weighted by atomic mass is 19.1. The molecule has 1 fully saturated rings. The number of hydroxylamine groups is 1. The van der Waals surface area contributed by atoms with Gasteiger partial charge < -0.3 is 10.2 Å². The Hall–Kier alpha value is -2.48. The monoisotopic (exact) mass is 407 g/mol. The first-order valence-corrected chi connectivity index (χ1v) is 10.1. The number of carbonyl (C=O) groups excluding carboxylic acids is 3. The number of hydrogen-bond acceptors (Lipinski definition) is 4. The Morgan fingerprint density at radius 1 is 1.31 bits per heavy atom. The zero-order valence-electron chi connectivity index (χ0n) is 17.2. The van der Waals surface area contributed by atoms with Crippen LogP contribution < -0.4 is 10.8 Å². The van der Waals surface area contributed by atoms with Gasteiger partial charge in [-0.3, -0.25) is 19.6 Å². The molecule has 7 nitrogen and oxygen atoms in total. The van der Waals surface area contributed by atoms with Gasteiger partial charge in [0.15, 0.2) is 6.17 Å². The van der Waals surface area contributed by atoms with Crippen molar-refractivity contribution in [3.8, 4) is 0 Å². The van der Waals surface area contributed by atoms with Gasteiger partial charge in [-0.15, -0.1) is 0 Å². The smallest absolute Gasteiger partial charge is 0.278 e. The average molecular weight is 407 g/mol. The number of carbonyl (C=O) groups is 3. The van der Waals surface area contributed by atoms with Crippen LogP contribution in [0.5, 0.6) is 0 Å². The molecule has 2 rings (SSSR count). The minimum Gasteiger partial charge on any atom is -0.330 e. The Labute approximate surface area is 170 Å². The van der Waals surface area contributed by atoms with Crippen LogP contribution in [0, 0.1) is 19.8 Å². The third-order valence-corrected chi connectivity index (χ3v) is 5.39. The lowest BCUT2D eigenvalue weighted by Crippen LogP contribution is -2.49. The molecule has 3 amide bonds. The van der Waals surface area contributed by atoms with Crippen LogP contribution >= 0.6 is 0 Å². The van der Waals surface area contributed by atoms with Gasteiger partial charge in [-0.1, -0.05) is 31.9 Å². The Balaban J connectivity index is 2.17. The van der Waals surface area contributed by atoms with E-state index in [1.807, 2.05) is 39.0 Å². The number of unbranched alkanes of at least 4 members (excludes halogenated alkanes) is 1. The summed E-state index contributed by atoms with van der Waals surface area (Å²) in [5.74, 6) is -3.35. The lowest BCUT2D eigenvalue weighted by Gasteiger charge is -2.29. The summed E-state index contributed by atoms with van der Waals surface area (Å²) >= 11 is 0. The van der Waals surface area contributed by atoms with Crippen molar-refractivity contribution in [2.24, 2.45) is 5.92 Å². The standard InChI is InChI=1S/C21H30FN3O4/c1-4-5-7-15(18(22)20(27)24-29)21(28)25-11-6-8-17(25)19(26)23-16-12-13(2)9-10-14(16)3/h9-10,12,15,17-18,29H,4-8,11H2,1-3H3,(H,23,26)(H,24,27). The van der Waals surface area contributed by atoms with Gasteiger partial charge in [-0.05, 0) is 50.3 Å². The first kappa shape index (κ1) is 22.8. The molecule has 0 bridgehead atoms. The van der Waals surface area contributed by atoms with Crippen molar-refractivity contribution in [1.82, 2.24) is 10.4 Å². The maximum Gasteiger partial charge on any atom is 0.278 e. The molecule has 0 aliphatic carbocycles. The van der Waals surface area contributed by atoms with Gasteiger partial charge in [0.2, 0.25) is 11.8 Å². The Morgan fingerprint density at radius 2 is 2.03 bits per heavy atom. The van der Waals surface area contributed by atoms with Gasteiger partial charge in [-0.2, -0.15) is 0 Å². The lowest BCUT2D eigenvalue weighted by atomic mass is 9.94. The molecule has 0 aromatic heterocycles. The quantitative estimate of drug-likeness (QED) is 0.456. The second-order valence-electron chi connectivity index (χ2n) is 7.62. The summed E-state index contributed by atoms with van der Waals surface area (Å²) in [4.78, 5) is 38.9. The number of nitrogens with one attached hydrogen (secondary N) is 2. The zero-order valence-corrected chi connectivity index (χ0v) is 17.2. The molecule has 3 unspecified atom stereocenters. The number of aryl methyl sites for hydroxylation is 2. The maximum atomic E-state index is 14.5.